The molecule has 3 aromatic rings. The number of carbonyl (C=O) groups is 1. The summed E-state index contributed by atoms with van der Waals surface area (Å²) < 4.78 is 3.40. The number of benzene rings is 1. The first-order valence-corrected chi connectivity index (χ1v) is 11.6. The fourth-order valence-corrected chi connectivity index (χ4v) is 4.82. The lowest BCUT2D eigenvalue weighted by Gasteiger charge is -2.15. The third-order valence-electron chi connectivity index (χ3n) is 5.57. The first kappa shape index (κ1) is 21.4. The highest BCUT2D eigenvalue weighted by Crippen LogP contribution is 2.25. The highest BCUT2D eigenvalue weighted by molar-refractivity contribution is 8.00. The Labute approximate surface area is 185 Å². The van der Waals surface area contributed by atoms with Crippen LogP contribution < -0.4 is 10.9 Å². The van der Waals surface area contributed by atoms with Gasteiger partial charge in [0.25, 0.3) is 5.56 Å². The van der Waals surface area contributed by atoms with Crippen molar-refractivity contribution in [3.63, 3.8) is 0 Å². The zero-order chi connectivity index (χ0) is 21.8. The number of carbonyl (C=O) groups excluding carboxylic acids is 1. The summed E-state index contributed by atoms with van der Waals surface area (Å²) in [6.07, 6.45) is 9.70. The first-order chi connectivity index (χ1) is 15.1. The van der Waals surface area contributed by atoms with Crippen molar-refractivity contribution in [2.45, 2.75) is 56.0 Å². The Kier molecular flexibility index (Phi) is 6.56. The van der Waals surface area contributed by atoms with Gasteiger partial charge in [-0.2, -0.15) is 0 Å². The van der Waals surface area contributed by atoms with E-state index in [1.54, 1.807) is 16.7 Å². The Morgan fingerprint density at radius 2 is 2.16 bits per heavy atom. The molecule has 1 aliphatic rings. The van der Waals surface area contributed by atoms with Crippen LogP contribution in [0.4, 0.5) is 0 Å². The molecule has 1 aromatic carbocycles. The summed E-state index contributed by atoms with van der Waals surface area (Å²) in [5.74, 6) is 0.421. The van der Waals surface area contributed by atoms with Crippen molar-refractivity contribution < 1.29 is 4.79 Å². The highest BCUT2D eigenvalue weighted by atomic mass is 32.2. The summed E-state index contributed by atoms with van der Waals surface area (Å²) in [6.45, 7) is 6.60. The summed E-state index contributed by atoms with van der Waals surface area (Å²) in [5, 5.41) is 12.4. The summed E-state index contributed by atoms with van der Waals surface area (Å²) in [7, 11) is 0. The van der Waals surface area contributed by atoms with E-state index in [4.69, 9.17) is 0 Å². The predicted molar refractivity (Wildman–Crippen MR) is 124 cm³/mol. The van der Waals surface area contributed by atoms with Gasteiger partial charge in [0.05, 0.1) is 16.2 Å². The van der Waals surface area contributed by atoms with E-state index in [2.05, 4.69) is 28.2 Å². The number of rotatable bonds is 8. The normalized spacial score (nSPS) is 15.1. The van der Waals surface area contributed by atoms with E-state index >= 15 is 0 Å². The third kappa shape index (κ3) is 4.44. The standard InChI is InChI=1S/C23H27N5O2S/c1-3-15-27-21(30)18-11-7-8-12-19(18)28-22(27)25-26-23(28)31-16(2)20(29)24-14-13-17-9-5-4-6-10-17/h3,7-9,11-12,16H,1,4-6,10,13-15H2,2H3,(H,24,29). The Bertz CT molecular complexity index is 1210. The second-order valence-electron chi connectivity index (χ2n) is 7.75. The number of fused-ring (bicyclic) bond motifs is 3. The summed E-state index contributed by atoms with van der Waals surface area (Å²) in [6, 6.07) is 7.38. The van der Waals surface area contributed by atoms with Crippen LogP contribution in [0.15, 0.2) is 58.5 Å². The number of amides is 1. The number of thioether (sulfide) groups is 1. The molecule has 0 aliphatic heterocycles. The van der Waals surface area contributed by atoms with Crippen LogP contribution in [0.5, 0.6) is 0 Å². The molecule has 0 bridgehead atoms. The zero-order valence-electron chi connectivity index (χ0n) is 17.7. The molecule has 8 heteroatoms. The lowest BCUT2D eigenvalue weighted by atomic mass is 9.97. The topological polar surface area (TPSA) is 81.3 Å². The van der Waals surface area contributed by atoms with Gasteiger partial charge in [0.1, 0.15) is 0 Å². The fourth-order valence-electron chi connectivity index (χ4n) is 3.94. The molecule has 2 aromatic heterocycles. The van der Waals surface area contributed by atoms with E-state index in [1.807, 2.05) is 29.5 Å². The van der Waals surface area contributed by atoms with Gasteiger partial charge < -0.3 is 5.32 Å². The van der Waals surface area contributed by atoms with E-state index in [0.717, 1.165) is 24.8 Å². The van der Waals surface area contributed by atoms with Crippen molar-refractivity contribution in [3.8, 4) is 0 Å². The molecule has 0 saturated carbocycles. The second-order valence-corrected chi connectivity index (χ2v) is 9.06. The van der Waals surface area contributed by atoms with Gasteiger partial charge in [-0.05, 0) is 51.2 Å². The van der Waals surface area contributed by atoms with E-state index in [-0.39, 0.29) is 16.7 Å². The molecule has 162 valence electrons. The van der Waals surface area contributed by atoms with Crippen molar-refractivity contribution in [2.75, 3.05) is 6.54 Å². The van der Waals surface area contributed by atoms with Crippen LogP contribution in [-0.4, -0.2) is 36.9 Å². The molecule has 1 aliphatic carbocycles. The van der Waals surface area contributed by atoms with Gasteiger partial charge in [0.15, 0.2) is 5.16 Å². The molecule has 4 rings (SSSR count). The molecule has 2 heterocycles. The van der Waals surface area contributed by atoms with Crippen molar-refractivity contribution in [1.82, 2.24) is 24.5 Å². The van der Waals surface area contributed by atoms with Crippen LogP contribution >= 0.6 is 11.8 Å². The number of aromatic nitrogens is 4. The van der Waals surface area contributed by atoms with E-state index in [9.17, 15) is 9.59 Å². The number of nitrogens with zero attached hydrogens (tertiary/aromatic N) is 4. The molecule has 7 nitrogen and oxygen atoms in total. The van der Waals surface area contributed by atoms with Gasteiger partial charge >= 0.3 is 0 Å². The van der Waals surface area contributed by atoms with Crippen LogP contribution in [0, 0.1) is 0 Å². The van der Waals surface area contributed by atoms with Gasteiger partial charge in [-0.15, -0.1) is 16.8 Å². The first-order valence-electron chi connectivity index (χ1n) is 10.7. The van der Waals surface area contributed by atoms with Crippen molar-refractivity contribution in [1.29, 1.82) is 0 Å². The number of hydrogen-bond acceptors (Lipinski definition) is 5. The average Bonchev–Trinajstić information content (AvgIpc) is 3.20. The molecule has 31 heavy (non-hydrogen) atoms. The fraction of sp³-hybridized carbons (Fsp3) is 0.391. The van der Waals surface area contributed by atoms with Gasteiger partial charge in [-0.25, -0.2) is 0 Å². The van der Waals surface area contributed by atoms with Gasteiger partial charge in [-0.3, -0.25) is 18.6 Å². The maximum atomic E-state index is 12.9. The maximum Gasteiger partial charge on any atom is 0.263 e. The van der Waals surface area contributed by atoms with Gasteiger partial charge in [0, 0.05) is 13.1 Å². The number of hydrogen-bond donors (Lipinski definition) is 1. The number of nitrogens with one attached hydrogen (secondary N) is 1. The van der Waals surface area contributed by atoms with Crippen LogP contribution in [-0.2, 0) is 11.3 Å². The van der Waals surface area contributed by atoms with E-state index in [0.29, 0.717) is 29.4 Å². The molecule has 1 unspecified atom stereocenters. The molecule has 1 atom stereocenters. The van der Waals surface area contributed by atoms with Crippen molar-refractivity contribution in [3.05, 3.63) is 58.9 Å². The van der Waals surface area contributed by atoms with Crippen molar-refractivity contribution >= 4 is 34.3 Å². The minimum atomic E-state index is -0.341. The minimum absolute atomic E-state index is 0.0260. The summed E-state index contributed by atoms with van der Waals surface area (Å²) >= 11 is 1.34. The lowest BCUT2D eigenvalue weighted by molar-refractivity contribution is -0.120. The SMILES string of the molecule is C=CCn1c(=O)c2ccccc2n2c(SC(C)C(=O)NCCC3=CCCCC3)nnc12. The highest BCUT2D eigenvalue weighted by Gasteiger charge is 2.21. The quantitative estimate of drug-likeness (QED) is 0.429. The molecular weight excluding hydrogens is 410 g/mol. The third-order valence-corrected chi connectivity index (χ3v) is 6.61. The van der Waals surface area contributed by atoms with Crippen molar-refractivity contribution in [2.24, 2.45) is 0 Å². The Morgan fingerprint density at radius 1 is 1.32 bits per heavy atom. The lowest BCUT2D eigenvalue weighted by Crippen LogP contribution is -2.32. The monoisotopic (exact) mass is 437 g/mol. The largest absolute Gasteiger partial charge is 0.355 e. The Hall–Kier alpha value is -2.87. The smallest absolute Gasteiger partial charge is 0.263 e. The summed E-state index contributed by atoms with van der Waals surface area (Å²) in [4.78, 5) is 25.5. The molecule has 0 saturated heterocycles. The number of para-hydroxylation sites is 1. The molecule has 1 amide bonds. The van der Waals surface area contributed by atoms with Crippen LogP contribution in [0.2, 0.25) is 0 Å². The second kappa shape index (κ2) is 9.51. The molecular formula is C23H27N5O2S. The van der Waals surface area contributed by atoms with Crippen LogP contribution in [0.3, 0.4) is 0 Å². The van der Waals surface area contributed by atoms with Crippen LogP contribution in [0.1, 0.15) is 39.0 Å². The van der Waals surface area contributed by atoms with Gasteiger partial charge in [0.2, 0.25) is 11.7 Å². The van der Waals surface area contributed by atoms with Crippen LogP contribution in [0.25, 0.3) is 16.7 Å². The van der Waals surface area contributed by atoms with Gasteiger partial charge in [-0.1, -0.05) is 41.6 Å². The molecule has 0 radical (unpaired) electrons. The zero-order valence-corrected chi connectivity index (χ0v) is 18.5. The predicted octanol–water partition coefficient (Wildman–Crippen LogP) is 3.72. The number of allylic oxidation sites excluding steroid dienone is 2. The minimum Gasteiger partial charge on any atom is -0.355 e. The summed E-state index contributed by atoms with van der Waals surface area (Å²) in [5.41, 5.74) is 2.05. The molecule has 1 N–H and O–H groups in total. The Morgan fingerprint density at radius 3 is 2.94 bits per heavy atom. The molecule has 0 spiro atoms. The average molecular weight is 438 g/mol. The van der Waals surface area contributed by atoms with E-state index in [1.165, 1.54) is 30.2 Å². The molecule has 0 fully saturated rings. The maximum absolute atomic E-state index is 12.9. The Balaban J connectivity index is 1.55. The van der Waals surface area contributed by atoms with E-state index < -0.39 is 0 Å².